The van der Waals surface area contributed by atoms with Gasteiger partial charge in [-0.15, -0.1) is 0 Å². The number of hydrogen-bond acceptors (Lipinski definition) is 5. The van der Waals surface area contributed by atoms with Crippen molar-refractivity contribution >= 4 is 32.4 Å². The standard InChI is InChI=1S/C20H18F2N2O4S/c1-3-6-29(26,27)24-18-10-14(21)9-16(19(18)22)20(25)12-4-5-17-13(7-12)8-15(28-2)11-23-17/h4-5,7-11,24H,3,6H2,1-2H3. The molecule has 1 aromatic heterocycles. The van der Waals surface area contributed by atoms with E-state index >= 15 is 0 Å². The van der Waals surface area contributed by atoms with Crippen LogP contribution in [0.4, 0.5) is 14.5 Å². The van der Waals surface area contributed by atoms with Gasteiger partial charge in [0.1, 0.15) is 11.6 Å². The molecule has 0 saturated carbocycles. The summed E-state index contributed by atoms with van der Waals surface area (Å²) in [7, 11) is -2.38. The van der Waals surface area contributed by atoms with Gasteiger partial charge in [-0.1, -0.05) is 6.92 Å². The van der Waals surface area contributed by atoms with Gasteiger partial charge in [0.25, 0.3) is 0 Å². The number of nitrogens with zero attached hydrogens (tertiary/aromatic N) is 1. The molecule has 9 heteroatoms. The van der Waals surface area contributed by atoms with E-state index in [-0.39, 0.29) is 11.3 Å². The number of pyridine rings is 1. The second-order valence-electron chi connectivity index (χ2n) is 6.35. The van der Waals surface area contributed by atoms with Crippen molar-refractivity contribution < 1.29 is 26.7 Å². The van der Waals surface area contributed by atoms with Crippen LogP contribution >= 0.6 is 0 Å². The summed E-state index contributed by atoms with van der Waals surface area (Å²) in [4.78, 5) is 17.0. The van der Waals surface area contributed by atoms with Crippen LogP contribution < -0.4 is 9.46 Å². The second kappa shape index (κ2) is 8.12. The van der Waals surface area contributed by atoms with Crippen molar-refractivity contribution in [2.45, 2.75) is 13.3 Å². The molecule has 1 heterocycles. The van der Waals surface area contributed by atoms with E-state index in [1.54, 1.807) is 19.1 Å². The Bertz CT molecular complexity index is 1200. The smallest absolute Gasteiger partial charge is 0.232 e. The summed E-state index contributed by atoms with van der Waals surface area (Å²) in [5.74, 6) is -2.64. The minimum absolute atomic E-state index is 0.0967. The van der Waals surface area contributed by atoms with Crippen LogP contribution in [0.5, 0.6) is 5.75 Å². The van der Waals surface area contributed by atoms with Gasteiger partial charge >= 0.3 is 0 Å². The van der Waals surface area contributed by atoms with Gasteiger partial charge in [0, 0.05) is 17.0 Å². The average molecular weight is 420 g/mol. The molecular formula is C20H18F2N2O4S. The maximum atomic E-state index is 14.8. The van der Waals surface area contributed by atoms with E-state index in [4.69, 9.17) is 4.74 Å². The molecule has 0 spiro atoms. The number of methoxy groups -OCH3 is 1. The quantitative estimate of drug-likeness (QED) is 0.586. The second-order valence-corrected chi connectivity index (χ2v) is 8.19. The van der Waals surface area contributed by atoms with Crippen molar-refractivity contribution in [1.82, 2.24) is 4.98 Å². The van der Waals surface area contributed by atoms with Gasteiger partial charge in [0.05, 0.1) is 35.8 Å². The Balaban J connectivity index is 2.04. The van der Waals surface area contributed by atoms with Gasteiger partial charge in [0.2, 0.25) is 10.0 Å². The number of hydrogen-bond donors (Lipinski definition) is 1. The first kappa shape index (κ1) is 20.7. The fourth-order valence-corrected chi connectivity index (χ4v) is 3.96. The number of carbonyl (C=O) groups is 1. The molecule has 3 aromatic rings. The first-order chi connectivity index (χ1) is 13.7. The number of carbonyl (C=O) groups excluding carboxylic acids is 1. The number of anilines is 1. The van der Waals surface area contributed by atoms with Crippen LogP contribution in [0.3, 0.4) is 0 Å². The Morgan fingerprint density at radius 2 is 1.93 bits per heavy atom. The lowest BCUT2D eigenvalue weighted by Gasteiger charge is -2.11. The third kappa shape index (κ3) is 4.51. The van der Waals surface area contributed by atoms with E-state index in [1.807, 2.05) is 4.72 Å². The van der Waals surface area contributed by atoms with Crippen LogP contribution in [0.1, 0.15) is 29.3 Å². The number of sulfonamides is 1. The zero-order valence-electron chi connectivity index (χ0n) is 15.7. The molecule has 1 N–H and O–H groups in total. The average Bonchev–Trinajstić information content (AvgIpc) is 2.68. The van der Waals surface area contributed by atoms with Crippen molar-refractivity contribution in [2.24, 2.45) is 0 Å². The molecule has 0 unspecified atom stereocenters. The Morgan fingerprint density at radius 1 is 1.17 bits per heavy atom. The lowest BCUT2D eigenvalue weighted by atomic mass is 10.0. The zero-order valence-corrected chi connectivity index (χ0v) is 16.5. The maximum Gasteiger partial charge on any atom is 0.232 e. The molecule has 0 radical (unpaired) electrons. The van der Waals surface area contributed by atoms with Crippen molar-refractivity contribution in [3.8, 4) is 5.75 Å². The van der Waals surface area contributed by atoms with E-state index in [0.29, 0.717) is 29.1 Å². The Hall–Kier alpha value is -3.07. The summed E-state index contributed by atoms with van der Waals surface area (Å²) < 4.78 is 59.8. The fourth-order valence-electron chi connectivity index (χ4n) is 2.84. The van der Waals surface area contributed by atoms with Crippen molar-refractivity contribution in [3.05, 3.63) is 65.4 Å². The summed E-state index contributed by atoms with van der Waals surface area (Å²) in [6.07, 6.45) is 1.82. The van der Waals surface area contributed by atoms with E-state index in [0.717, 1.165) is 6.07 Å². The maximum absolute atomic E-state index is 14.8. The fraction of sp³-hybridized carbons (Fsp3) is 0.200. The van der Waals surface area contributed by atoms with Crippen molar-refractivity contribution in [2.75, 3.05) is 17.6 Å². The third-order valence-electron chi connectivity index (χ3n) is 4.17. The van der Waals surface area contributed by atoms with Crippen LogP contribution in [0.25, 0.3) is 10.9 Å². The van der Waals surface area contributed by atoms with Gasteiger partial charge in [-0.25, -0.2) is 17.2 Å². The highest BCUT2D eigenvalue weighted by atomic mass is 32.2. The van der Waals surface area contributed by atoms with E-state index in [1.165, 1.54) is 25.4 Å². The Morgan fingerprint density at radius 3 is 2.62 bits per heavy atom. The number of halogens is 2. The zero-order chi connectivity index (χ0) is 21.2. The van der Waals surface area contributed by atoms with Crippen LogP contribution in [-0.4, -0.2) is 32.0 Å². The molecule has 152 valence electrons. The van der Waals surface area contributed by atoms with Gasteiger partial charge < -0.3 is 4.74 Å². The van der Waals surface area contributed by atoms with Crippen LogP contribution in [0, 0.1) is 11.6 Å². The molecule has 0 aliphatic heterocycles. The predicted octanol–water partition coefficient (Wildman–Crippen LogP) is 3.90. The monoisotopic (exact) mass is 420 g/mol. The molecule has 0 aliphatic rings. The number of benzene rings is 2. The first-order valence-electron chi connectivity index (χ1n) is 8.72. The molecule has 0 amide bonds. The van der Waals surface area contributed by atoms with Crippen LogP contribution in [0.2, 0.25) is 0 Å². The normalized spacial score (nSPS) is 11.4. The molecular weight excluding hydrogens is 402 g/mol. The predicted molar refractivity (Wildman–Crippen MR) is 106 cm³/mol. The summed E-state index contributed by atoms with van der Waals surface area (Å²) in [5, 5.41) is 0.580. The topological polar surface area (TPSA) is 85.4 Å². The molecule has 0 atom stereocenters. The molecule has 2 aromatic carbocycles. The number of ketones is 1. The van der Waals surface area contributed by atoms with Crippen molar-refractivity contribution in [3.63, 3.8) is 0 Å². The van der Waals surface area contributed by atoms with Crippen molar-refractivity contribution in [1.29, 1.82) is 0 Å². The van der Waals surface area contributed by atoms with Gasteiger partial charge in [0.15, 0.2) is 11.6 Å². The number of nitrogens with one attached hydrogen (secondary N) is 1. The van der Waals surface area contributed by atoms with E-state index in [9.17, 15) is 22.0 Å². The summed E-state index contributed by atoms with van der Waals surface area (Å²) >= 11 is 0. The Labute approximate surface area is 166 Å². The van der Waals surface area contributed by atoms with Gasteiger partial charge in [-0.05, 0) is 36.8 Å². The minimum Gasteiger partial charge on any atom is -0.495 e. The molecule has 0 fully saturated rings. The molecule has 0 saturated heterocycles. The van der Waals surface area contributed by atoms with Crippen LogP contribution in [0.15, 0.2) is 42.6 Å². The first-order valence-corrected chi connectivity index (χ1v) is 10.4. The molecule has 6 nitrogen and oxygen atoms in total. The van der Waals surface area contributed by atoms with E-state index in [2.05, 4.69) is 4.98 Å². The largest absolute Gasteiger partial charge is 0.495 e. The number of fused-ring (bicyclic) bond motifs is 1. The number of ether oxygens (including phenoxy) is 1. The van der Waals surface area contributed by atoms with Crippen LogP contribution in [-0.2, 0) is 10.0 Å². The highest BCUT2D eigenvalue weighted by Crippen LogP contribution is 2.26. The van der Waals surface area contributed by atoms with Gasteiger partial charge in [-0.2, -0.15) is 0 Å². The SMILES string of the molecule is CCCS(=O)(=O)Nc1cc(F)cc(C(=O)c2ccc3ncc(OC)cc3c2)c1F. The highest BCUT2D eigenvalue weighted by molar-refractivity contribution is 7.92. The Kier molecular flexibility index (Phi) is 5.78. The third-order valence-corrected chi connectivity index (χ3v) is 5.65. The molecule has 0 aliphatic carbocycles. The lowest BCUT2D eigenvalue weighted by Crippen LogP contribution is -2.18. The number of rotatable bonds is 7. The lowest BCUT2D eigenvalue weighted by molar-refractivity contribution is 0.103. The molecule has 3 rings (SSSR count). The highest BCUT2D eigenvalue weighted by Gasteiger charge is 2.22. The summed E-state index contributed by atoms with van der Waals surface area (Å²) in [6.45, 7) is 1.64. The molecule has 0 bridgehead atoms. The summed E-state index contributed by atoms with van der Waals surface area (Å²) in [6, 6.07) is 7.60. The van der Waals surface area contributed by atoms with E-state index < -0.39 is 38.7 Å². The minimum atomic E-state index is -3.86. The number of aromatic nitrogens is 1. The summed E-state index contributed by atoms with van der Waals surface area (Å²) in [5.41, 5.74) is -0.491. The molecule has 29 heavy (non-hydrogen) atoms. The van der Waals surface area contributed by atoms with Gasteiger partial charge in [-0.3, -0.25) is 14.5 Å².